The van der Waals surface area contributed by atoms with Gasteiger partial charge in [-0.1, -0.05) is 0 Å². The molecule has 2 aromatic rings. The van der Waals surface area contributed by atoms with Crippen molar-refractivity contribution in [1.82, 2.24) is 9.71 Å². The van der Waals surface area contributed by atoms with E-state index in [-0.39, 0.29) is 11.4 Å². The van der Waals surface area contributed by atoms with Gasteiger partial charge in [-0.15, -0.1) is 11.3 Å². The summed E-state index contributed by atoms with van der Waals surface area (Å²) in [6.45, 7) is 0.0195. The van der Waals surface area contributed by atoms with Crippen molar-refractivity contribution in [2.75, 3.05) is 0 Å². The van der Waals surface area contributed by atoms with E-state index in [9.17, 15) is 22.9 Å². The molecule has 1 aromatic heterocycles. The average molecular weight is 317 g/mol. The summed E-state index contributed by atoms with van der Waals surface area (Å²) in [5.41, 5.74) is 0.779. The number of halogens is 1. The Kier molecular flexibility index (Phi) is 4.06. The number of benzene rings is 1. The van der Waals surface area contributed by atoms with Gasteiger partial charge in [-0.25, -0.2) is 13.1 Å². The van der Waals surface area contributed by atoms with Crippen LogP contribution in [0.2, 0.25) is 0 Å². The summed E-state index contributed by atoms with van der Waals surface area (Å²) in [5.74, 6) is -1.20. The zero-order valence-electron chi connectivity index (χ0n) is 9.82. The predicted octanol–water partition coefficient (Wildman–Crippen LogP) is 1.67. The Morgan fingerprint density at radius 1 is 1.45 bits per heavy atom. The van der Waals surface area contributed by atoms with E-state index in [1.165, 1.54) is 17.5 Å². The van der Waals surface area contributed by atoms with Crippen LogP contribution in [-0.2, 0) is 16.6 Å². The zero-order valence-corrected chi connectivity index (χ0v) is 11.4. The third-order valence-electron chi connectivity index (χ3n) is 2.35. The van der Waals surface area contributed by atoms with E-state index >= 15 is 0 Å². The first-order valence-electron chi connectivity index (χ1n) is 5.21. The number of nitrogens with one attached hydrogen (secondary N) is 1. The largest absolute Gasteiger partial charge is 0.304 e. The molecule has 0 aliphatic heterocycles. The number of nitrogens with zero attached hydrogens (tertiary/aromatic N) is 2. The minimum atomic E-state index is -3.94. The van der Waals surface area contributed by atoms with E-state index in [0.29, 0.717) is 10.9 Å². The van der Waals surface area contributed by atoms with Crippen LogP contribution in [0.4, 0.5) is 10.1 Å². The van der Waals surface area contributed by atoms with Crippen molar-refractivity contribution in [3.8, 4) is 0 Å². The van der Waals surface area contributed by atoms with E-state index in [1.54, 1.807) is 5.51 Å². The molecular formula is C10H8FN3O4S2. The van der Waals surface area contributed by atoms with Crippen LogP contribution < -0.4 is 4.72 Å². The average Bonchev–Trinajstić information content (AvgIpc) is 2.89. The lowest BCUT2D eigenvalue weighted by Gasteiger charge is -2.05. The Hall–Kier alpha value is -1.91. The van der Waals surface area contributed by atoms with Crippen LogP contribution in [-0.4, -0.2) is 18.3 Å². The number of thiazole rings is 1. The van der Waals surface area contributed by atoms with Crippen LogP contribution in [0.5, 0.6) is 0 Å². The summed E-state index contributed by atoms with van der Waals surface area (Å²) in [4.78, 5) is 13.6. The number of aromatic nitrogens is 1. The van der Waals surface area contributed by atoms with E-state index in [4.69, 9.17) is 0 Å². The van der Waals surface area contributed by atoms with Crippen LogP contribution in [0.15, 0.2) is 34.8 Å². The first-order chi connectivity index (χ1) is 9.40. The molecule has 0 fully saturated rings. The maximum atomic E-state index is 13.4. The Labute approximate surface area is 117 Å². The molecule has 1 heterocycles. The molecule has 0 saturated heterocycles. The number of nitro groups is 1. The molecule has 20 heavy (non-hydrogen) atoms. The van der Waals surface area contributed by atoms with Gasteiger partial charge in [-0.05, 0) is 6.07 Å². The summed E-state index contributed by atoms with van der Waals surface area (Å²) in [7, 11) is -3.94. The predicted molar refractivity (Wildman–Crippen MR) is 69.2 cm³/mol. The van der Waals surface area contributed by atoms with Crippen LogP contribution >= 0.6 is 11.3 Å². The van der Waals surface area contributed by atoms with E-state index in [2.05, 4.69) is 9.71 Å². The lowest BCUT2D eigenvalue weighted by atomic mass is 10.3. The molecule has 0 radical (unpaired) electrons. The summed E-state index contributed by atoms with van der Waals surface area (Å²) >= 11 is 1.27. The van der Waals surface area contributed by atoms with Crippen molar-refractivity contribution in [1.29, 1.82) is 0 Å². The maximum absolute atomic E-state index is 13.4. The van der Waals surface area contributed by atoms with Gasteiger partial charge in [0.25, 0.3) is 0 Å². The highest BCUT2D eigenvalue weighted by molar-refractivity contribution is 7.89. The summed E-state index contributed by atoms with van der Waals surface area (Å²) < 4.78 is 39.5. The van der Waals surface area contributed by atoms with Gasteiger partial charge in [0.1, 0.15) is 0 Å². The minimum Gasteiger partial charge on any atom is -0.258 e. The highest BCUT2D eigenvalue weighted by Gasteiger charge is 2.20. The quantitative estimate of drug-likeness (QED) is 0.667. The van der Waals surface area contributed by atoms with Crippen molar-refractivity contribution in [3.05, 3.63) is 50.7 Å². The van der Waals surface area contributed by atoms with E-state index < -0.39 is 26.5 Å². The zero-order chi connectivity index (χ0) is 14.8. The van der Waals surface area contributed by atoms with Gasteiger partial charge in [0.15, 0.2) is 0 Å². The van der Waals surface area contributed by atoms with Gasteiger partial charge in [0.05, 0.1) is 15.3 Å². The van der Waals surface area contributed by atoms with Gasteiger partial charge in [0, 0.05) is 29.8 Å². The van der Waals surface area contributed by atoms with Gasteiger partial charge in [-0.3, -0.25) is 15.1 Å². The highest BCUT2D eigenvalue weighted by atomic mass is 32.2. The van der Waals surface area contributed by atoms with Gasteiger partial charge < -0.3 is 0 Å². The van der Waals surface area contributed by atoms with Crippen molar-refractivity contribution < 1.29 is 17.7 Å². The topological polar surface area (TPSA) is 102 Å². The molecular weight excluding hydrogens is 309 g/mol. The second kappa shape index (κ2) is 5.61. The van der Waals surface area contributed by atoms with Crippen molar-refractivity contribution in [3.63, 3.8) is 0 Å². The number of rotatable bonds is 5. The van der Waals surface area contributed by atoms with E-state index in [0.717, 1.165) is 12.1 Å². The molecule has 1 N–H and O–H groups in total. The molecule has 0 amide bonds. The number of nitro benzene ring substituents is 1. The van der Waals surface area contributed by atoms with Crippen molar-refractivity contribution in [2.45, 2.75) is 11.4 Å². The molecule has 0 aliphatic rings. The Morgan fingerprint density at radius 3 is 2.75 bits per heavy atom. The Morgan fingerprint density at radius 2 is 2.20 bits per heavy atom. The number of hydrogen-bond acceptors (Lipinski definition) is 6. The van der Waals surface area contributed by atoms with Crippen molar-refractivity contribution in [2.24, 2.45) is 0 Å². The molecule has 0 atom stereocenters. The lowest BCUT2D eigenvalue weighted by molar-refractivity contribution is -0.387. The fourth-order valence-electron chi connectivity index (χ4n) is 1.38. The summed E-state index contributed by atoms with van der Waals surface area (Å²) in [6, 6.07) is 2.42. The summed E-state index contributed by atoms with van der Waals surface area (Å²) in [5, 5.41) is 10.5. The van der Waals surface area contributed by atoms with Gasteiger partial charge in [-0.2, -0.15) is 4.39 Å². The summed E-state index contributed by atoms with van der Waals surface area (Å²) in [6.07, 6.45) is 1.50. The molecule has 106 valence electrons. The number of sulfonamides is 1. The molecule has 0 unspecified atom stereocenters. The molecule has 1 aromatic carbocycles. The second-order valence-corrected chi connectivity index (χ2v) is 6.40. The van der Waals surface area contributed by atoms with Gasteiger partial charge >= 0.3 is 5.69 Å². The second-order valence-electron chi connectivity index (χ2n) is 3.66. The normalized spacial score (nSPS) is 11.4. The number of hydrogen-bond donors (Lipinski definition) is 1. The van der Waals surface area contributed by atoms with Gasteiger partial charge in [0.2, 0.25) is 15.8 Å². The highest BCUT2D eigenvalue weighted by Crippen LogP contribution is 2.21. The standard InChI is InChI=1S/C10H8FN3O4S2/c11-9-3-8(1-2-10(9)14(15)16)20(17,18)13-5-7-4-12-6-19-7/h1-4,6,13H,5H2. The van der Waals surface area contributed by atoms with Crippen LogP contribution in [0.3, 0.4) is 0 Å². The van der Waals surface area contributed by atoms with E-state index in [1.807, 2.05) is 0 Å². The third-order valence-corrected chi connectivity index (χ3v) is 4.52. The third kappa shape index (κ3) is 3.15. The molecule has 0 saturated carbocycles. The molecule has 0 bridgehead atoms. The minimum absolute atomic E-state index is 0.0195. The monoisotopic (exact) mass is 317 g/mol. The molecule has 7 nitrogen and oxygen atoms in total. The fraction of sp³-hybridized carbons (Fsp3) is 0.100. The lowest BCUT2D eigenvalue weighted by Crippen LogP contribution is -2.23. The van der Waals surface area contributed by atoms with Crippen LogP contribution in [0, 0.1) is 15.9 Å². The molecule has 2 rings (SSSR count). The smallest absolute Gasteiger partial charge is 0.258 e. The molecule has 10 heteroatoms. The Bertz CT molecular complexity index is 731. The molecule has 0 aliphatic carbocycles. The SMILES string of the molecule is O=[N+]([O-])c1ccc(S(=O)(=O)NCc2cncs2)cc1F. The van der Waals surface area contributed by atoms with Crippen molar-refractivity contribution >= 4 is 27.0 Å². The fourth-order valence-corrected chi connectivity index (χ4v) is 3.03. The first kappa shape index (κ1) is 14.5. The maximum Gasteiger partial charge on any atom is 0.304 e. The van der Waals surface area contributed by atoms with Crippen LogP contribution in [0.1, 0.15) is 4.88 Å². The Balaban J connectivity index is 2.21. The first-order valence-corrected chi connectivity index (χ1v) is 7.57. The molecule has 0 spiro atoms. The van der Waals surface area contributed by atoms with Crippen LogP contribution in [0.25, 0.3) is 0 Å².